The third-order valence-corrected chi connectivity index (χ3v) is 5.82. The number of fused-ring (bicyclic) bond motifs is 1. The van der Waals surface area contributed by atoms with E-state index in [1.165, 1.54) is 18.7 Å². The van der Waals surface area contributed by atoms with Gasteiger partial charge in [-0.3, -0.25) is 9.89 Å². The lowest BCUT2D eigenvalue weighted by molar-refractivity contribution is -0.0502. The van der Waals surface area contributed by atoms with Crippen LogP contribution in [-0.4, -0.2) is 68.3 Å². The second kappa shape index (κ2) is 9.45. The SMILES string of the molecule is CN=C(NCc1ccc(OC)c(F)c1)N1CC2OCCN(Cc3ccccc3)C2C1. The van der Waals surface area contributed by atoms with E-state index >= 15 is 0 Å². The Hall–Kier alpha value is -2.64. The van der Waals surface area contributed by atoms with Crippen molar-refractivity contribution in [1.29, 1.82) is 0 Å². The Kier molecular flexibility index (Phi) is 6.50. The van der Waals surface area contributed by atoms with Gasteiger partial charge in [-0.25, -0.2) is 4.39 Å². The summed E-state index contributed by atoms with van der Waals surface area (Å²) in [5.41, 5.74) is 2.16. The number of benzene rings is 2. The number of likely N-dealkylation sites (tertiary alicyclic amines) is 1. The molecule has 2 aliphatic heterocycles. The molecular weight excluding hydrogens is 383 g/mol. The van der Waals surface area contributed by atoms with Crippen LogP contribution in [0.1, 0.15) is 11.1 Å². The number of guanidine groups is 1. The molecule has 0 spiro atoms. The van der Waals surface area contributed by atoms with Gasteiger partial charge in [-0.1, -0.05) is 36.4 Å². The third-order valence-electron chi connectivity index (χ3n) is 5.82. The minimum Gasteiger partial charge on any atom is -0.494 e. The van der Waals surface area contributed by atoms with Crippen molar-refractivity contribution < 1.29 is 13.9 Å². The first-order valence-corrected chi connectivity index (χ1v) is 10.4. The molecule has 0 aromatic heterocycles. The minimum atomic E-state index is -0.357. The molecular formula is C23H29FN4O2. The second-order valence-electron chi connectivity index (χ2n) is 7.71. The quantitative estimate of drug-likeness (QED) is 0.604. The number of nitrogens with zero attached hydrogens (tertiary/aromatic N) is 3. The highest BCUT2D eigenvalue weighted by molar-refractivity contribution is 5.80. The molecule has 2 fully saturated rings. The van der Waals surface area contributed by atoms with Gasteiger partial charge in [0.15, 0.2) is 17.5 Å². The van der Waals surface area contributed by atoms with Gasteiger partial charge in [0.1, 0.15) is 0 Å². The summed E-state index contributed by atoms with van der Waals surface area (Å²) in [6, 6.07) is 15.9. The summed E-state index contributed by atoms with van der Waals surface area (Å²) >= 11 is 0. The largest absolute Gasteiger partial charge is 0.494 e. The van der Waals surface area contributed by atoms with Crippen molar-refractivity contribution in [2.24, 2.45) is 4.99 Å². The smallest absolute Gasteiger partial charge is 0.194 e. The fourth-order valence-electron chi connectivity index (χ4n) is 4.28. The van der Waals surface area contributed by atoms with E-state index in [0.29, 0.717) is 12.6 Å². The summed E-state index contributed by atoms with van der Waals surface area (Å²) in [7, 11) is 3.25. The average Bonchev–Trinajstić information content (AvgIpc) is 3.20. The molecule has 2 aromatic carbocycles. The van der Waals surface area contributed by atoms with Crippen molar-refractivity contribution in [3.8, 4) is 5.75 Å². The van der Waals surface area contributed by atoms with Gasteiger partial charge >= 0.3 is 0 Å². The topological polar surface area (TPSA) is 49.3 Å². The molecule has 7 heteroatoms. The average molecular weight is 413 g/mol. The van der Waals surface area contributed by atoms with Gasteiger partial charge in [0.25, 0.3) is 0 Å². The molecule has 160 valence electrons. The molecule has 2 saturated heterocycles. The van der Waals surface area contributed by atoms with Crippen molar-refractivity contribution in [1.82, 2.24) is 15.1 Å². The molecule has 0 aliphatic carbocycles. The van der Waals surface area contributed by atoms with Crippen LogP contribution in [-0.2, 0) is 17.8 Å². The lowest BCUT2D eigenvalue weighted by Gasteiger charge is -2.36. The normalized spacial score (nSPS) is 22.1. The maximum Gasteiger partial charge on any atom is 0.194 e. The Morgan fingerprint density at radius 2 is 2.03 bits per heavy atom. The van der Waals surface area contributed by atoms with Gasteiger partial charge in [-0.2, -0.15) is 0 Å². The van der Waals surface area contributed by atoms with Crippen molar-refractivity contribution >= 4 is 5.96 Å². The summed E-state index contributed by atoms with van der Waals surface area (Å²) < 4.78 is 25.0. The maximum atomic E-state index is 14.0. The van der Waals surface area contributed by atoms with Crippen LogP contribution in [0.2, 0.25) is 0 Å². The van der Waals surface area contributed by atoms with Gasteiger partial charge in [0.2, 0.25) is 0 Å². The van der Waals surface area contributed by atoms with Crippen molar-refractivity contribution in [2.75, 3.05) is 40.4 Å². The van der Waals surface area contributed by atoms with E-state index in [4.69, 9.17) is 9.47 Å². The van der Waals surface area contributed by atoms with Crippen LogP contribution in [0.15, 0.2) is 53.5 Å². The van der Waals surface area contributed by atoms with E-state index < -0.39 is 0 Å². The first-order valence-electron chi connectivity index (χ1n) is 10.4. The standard InChI is InChI=1S/C23H29FN4O2/c1-25-23(26-13-18-8-9-21(29-2)19(24)12-18)28-15-20-22(16-28)30-11-10-27(20)14-17-6-4-3-5-7-17/h3-9,12,20,22H,10-11,13-16H2,1-2H3,(H,25,26). The number of rotatable bonds is 5. The Morgan fingerprint density at radius 3 is 2.77 bits per heavy atom. The number of hydrogen-bond donors (Lipinski definition) is 1. The third kappa shape index (κ3) is 4.57. The lowest BCUT2D eigenvalue weighted by Crippen LogP contribution is -2.50. The van der Waals surface area contributed by atoms with E-state index in [1.54, 1.807) is 13.1 Å². The minimum absolute atomic E-state index is 0.166. The molecule has 2 atom stereocenters. The van der Waals surface area contributed by atoms with Gasteiger partial charge in [0, 0.05) is 39.8 Å². The second-order valence-corrected chi connectivity index (χ2v) is 7.71. The maximum absolute atomic E-state index is 14.0. The van der Waals surface area contributed by atoms with Crippen LogP contribution in [0, 0.1) is 5.82 Å². The van der Waals surface area contributed by atoms with E-state index in [2.05, 4.69) is 44.4 Å². The number of morpholine rings is 1. The number of methoxy groups -OCH3 is 1. The van der Waals surface area contributed by atoms with E-state index in [-0.39, 0.29) is 17.7 Å². The first kappa shape index (κ1) is 20.6. The predicted octanol–water partition coefficient (Wildman–Crippen LogP) is 2.49. The Labute approximate surface area is 177 Å². The first-order chi connectivity index (χ1) is 14.7. The highest BCUT2D eigenvalue weighted by Gasteiger charge is 2.41. The van der Waals surface area contributed by atoms with Gasteiger partial charge < -0.3 is 19.7 Å². The molecule has 0 saturated carbocycles. The summed E-state index contributed by atoms with van der Waals surface area (Å²) in [4.78, 5) is 9.19. The molecule has 0 bridgehead atoms. The number of nitrogens with one attached hydrogen (secondary N) is 1. The molecule has 0 amide bonds. The molecule has 4 rings (SSSR count). The highest BCUT2D eigenvalue weighted by atomic mass is 19.1. The zero-order chi connectivity index (χ0) is 20.9. The fraction of sp³-hybridized carbons (Fsp3) is 0.435. The summed E-state index contributed by atoms with van der Waals surface area (Å²) in [6.07, 6.45) is 0.166. The zero-order valence-electron chi connectivity index (χ0n) is 17.6. The van der Waals surface area contributed by atoms with E-state index in [9.17, 15) is 4.39 Å². The molecule has 2 unspecified atom stereocenters. The highest BCUT2D eigenvalue weighted by Crippen LogP contribution is 2.25. The molecule has 6 nitrogen and oxygen atoms in total. The lowest BCUT2D eigenvalue weighted by atomic mass is 10.1. The van der Waals surface area contributed by atoms with Crippen molar-refractivity contribution in [2.45, 2.75) is 25.2 Å². The molecule has 1 N–H and O–H groups in total. The molecule has 2 aromatic rings. The van der Waals surface area contributed by atoms with Crippen LogP contribution in [0.5, 0.6) is 5.75 Å². The van der Waals surface area contributed by atoms with Crippen LogP contribution < -0.4 is 10.1 Å². The summed E-state index contributed by atoms with van der Waals surface area (Å²) in [5, 5.41) is 3.36. The Balaban J connectivity index is 1.38. The van der Waals surface area contributed by atoms with Crippen molar-refractivity contribution in [3.05, 3.63) is 65.5 Å². The molecule has 0 radical (unpaired) electrons. The van der Waals surface area contributed by atoms with Gasteiger partial charge in [0.05, 0.1) is 25.9 Å². The van der Waals surface area contributed by atoms with Crippen LogP contribution >= 0.6 is 0 Å². The number of halogens is 1. The number of ether oxygens (including phenoxy) is 2. The summed E-state index contributed by atoms with van der Waals surface area (Å²) in [6.45, 7) is 4.76. The van der Waals surface area contributed by atoms with Crippen LogP contribution in [0.3, 0.4) is 0 Å². The Morgan fingerprint density at radius 1 is 1.20 bits per heavy atom. The predicted molar refractivity (Wildman–Crippen MR) is 115 cm³/mol. The van der Waals surface area contributed by atoms with E-state index in [1.807, 2.05) is 12.1 Å². The van der Waals surface area contributed by atoms with Gasteiger partial charge in [-0.05, 0) is 23.3 Å². The summed E-state index contributed by atoms with van der Waals surface area (Å²) in [5.74, 6) is 0.704. The van der Waals surface area contributed by atoms with E-state index in [0.717, 1.165) is 44.3 Å². The van der Waals surface area contributed by atoms with Crippen LogP contribution in [0.4, 0.5) is 4.39 Å². The van der Waals surface area contributed by atoms with Gasteiger partial charge in [-0.15, -0.1) is 0 Å². The van der Waals surface area contributed by atoms with Crippen molar-refractivity contribution in [3.63, 3.8) is 0 Å². The Bertz CT molecular complexity index is 877. The molecule has 2 aliphatic rings. The zero-order valence-corrected chi connectivity index (χ0v) is 17.6. The van der Waals surface area contributed by atoms with Crippen LogP contribution in [0.25, 0.3) is 0 Å². The monoisotopic (exact) mass is 412 g/mol. The number of aliphatic imine (C=N–C) groups is 1. The fourth-order valence-corrected chi connectivity index (χ4v) is 4.28. The molecule has 2 heterocycles. The number of hydrogen-bond acceptors (Lipinski definition) is 4. The molecule has 30 heavy (non-hydrogen) atoms.